The Morgan fingerprint density at radius 2 is 1.75 bits per heavy atom. The highest BCUT2D eigenvalue weighted by Gasteiger charge is 2.36. The molecule has 1 aliphatic heterocycles. The van der Waals surface area contributed by atoms with Crippen molar-refractivity contribution in [3.8, 4) is 5.75 Å². The maximum absolute atomic E-state index is 14.0. The van der Waals surface area contributed by atoms with Crippen LogP contribution >= 0.6 is 11.3 Å². The molecule has 2 aromatic carbocycles. The van der Waals surface area contributed by atoms with Crippen LogP contribution in [-0.4, -0.2) is 47.9 Å². The minimum atomic E-state index is -0.113. The quantitative estimate of drug-likeness (QED) is 0.415. The molecule has 188 valence electrons. The van der Waals surface area contributed by atoms with Gasteiger partial charge in [-0.05, 0) is 78.6 Å². The summed E-state index contributed by atoms with van der Waals surface area (Å²) in [5.74, 6) is 0.666. The monoisotopic (exact) mass is 502 g/mol. The predicted molar refractivity (Wildman–Crippen MR) is 144 cm³/mol. The van der Waals surface area contributed by atoms with Crippen LogP contribution in [0.25, 0.3) is 0 Å². The Bertz CT molecular complexity index is 1210. The molecule has 0 radical (unpaired) electrons. The van der Waals surface area contributed by atoms with E-state index in [1.54, 1.807) is 30.6 Å². The van der Waals surface area contributed by atoms with Gasteiger partial charge in [-0.3, -0.25) is 9.59 Å². The summed E-state index contributed by atoms with van der Waals surface area (Å²) in [7, 11) is 1.62. The molecule has 36 heavy (non-hydrogen) atoms. The van der Waals surface area contributed by atoms with Gasteiger partial charge in [-0.25, -0.2) is 0 Å². The highest BCUT2D eigenvalue weighted by atomic mass is 32.1. The van der Waals surface area contributed by atoms with Gasteiger partial charge in [0.2, 0.25) is 5.91 Å². The fourth-order valence-corrected chi connectivity index (χ4v) is 6.61. The summed E-state index contributed by atoms with van der Waals surface area (Å²) in [4.78, 5) is 33.0. The van der Waals surface area contributed by atoms with Gasteiger partial charge in [-0.15, -0.1) is 11.3 Å². The summed E-state index contributed by atoms with van der Waals surface area (Å²) in [5.41, 5.74) is 4.16. The molecule has 5 nitrogen and oxygen atoms in total. The van der Waals surface area contributed by atoms with Crippen molar-refractivity contribution in [1.29, 1.82) is 0 Å². The number of hydrogen-bond acceptors (Lipinski definition) is 4. The number of hydrogen-bond donors (Lipinski definition) is 0. The number of benzene rings is 2. The molecular weight excluding hydrogens is 468 g/mol. The van der Waals surface area contributed by atoms with Crippen molar-refractivity contribution in [3.05, 3.63) is 87.1 Å². The van der Waals surface area contributed by atoms with Crippen molar-refractivity contribution in [3.63, 3.8) is 0 Å². The minimum absolute atomic E-state index is 0.0209. The molecule has 2 amide bonds. The normalized spacial score (nSPS) is 17.9. The van der Waals surface area contributed by atoms with Crippen LogP contribution in [0.5, 0.6) is 5.75 Å². The van der Waals surface area contributed by atoms with E-state index in [2.05, 4.69) is 30.5 Å². The van der Waals surface area contributed by atoms with Crippen molar-refractivity contribution >= 4 is 23.2 Å². The zero-order valence-corrected chi connectivity index (χ0v) is 21.9. The van der Waals surface area contributed by atoms with Gasteiger partial charge < -0.3 is 14.5 Å². The Morgan fingerprint density at radius 3 is 2.47 bits per heavy atom. The first-order chi connectivity index (χ1) is 17.6. The smallest absolute Gasteiger partial charge is 0.254 e. The Hall–Kier alpha value is -3.12. The lowest BCUT2D eigenvalue weighted by molar-refractivity contribution is -0.134. The molecule has 0 N–H and O–H groups in total. The molecule has 1 saturated carbocycles. The van der Waals surface area contributed by atoms with Crippen LogP contribution in [0, 0.1) is 6.92 Å². The summed E-state index contributed by atoms with van der Waals surface area (Å²) in [6.07, 6.45) is 6.14. The third-order valence-electron chi connectivity index (χ3n) is 7.69. The van der Waals surface area contributed by atoms with Crippen LogP contribution in [0.4, 0.5) is 0 Å². The first kappa shape index (κ1) is 24.6. The van der Waals surface area contributed by atoms with E-state index in [4.69, 9.17) is 4.74 Å². The number of carbonyl (C=O) groups is 2. The van der Waals surface area contributed by atoms with E-state index >= 15 is 0 Å². The van der Waals surface area contributed by atoms with Gasteiger partial charge in [-0.2, -0.15) is 0 Å². The summed E-state index contributed by atoms with van der Waals surface area (Å²) in [6, 6.07) is 17.7. The molecule has 2 aliphatic rings. The lowest BCUT2D eigenvalue weighted by Crippen LogP contribution is -2.50. The van der Waals surface area contributed by atoms with Crippen molar-refractivity contribution in [2.75, 3.05) is 20.2 Å². The SMILES string of the molecule is COc1ccc(C(=O)N(CC(=O)N2CCc3sccc3C2c2ccccc2C)C2CCCCC2)cc1. The molecule has 0 bridgehead atoms. The lowest BCUT2D eigenvalue weighted by Gasteiger charge is -2.40. The van der Waals surface area contributed by atoms with Crippen LogP contribution in [0.2, 0.25) is 0 Å². The van der Waals surface area contributed by atoms with E-state index < -0.39 is 0 Å². The Balaban J connectivity index is 1.45. The molecule has 1 aliphatic carbocycles. The average molecular weight is 503 g/mol. The summed E-state index contributed by atoms with van der Waals surface area (Å²) in [6.45, 7) is 2.89. The number of rotatable bonds is 6. The summed E-state index contributed by atoms with van der Waals surface area (Å²) < 4.78 is 5.27. The van der Waals surface area contributed by atoms with Gasteiger partial charge >= 0.3 is 0 Å². The average Bonchev–Trinajstić information content (AvgIpc) is 3.41. The number of methoxy groups -OCH3 is 1. The van der Waals surface area contributed by atoms with Crippen molar-refractivity contribution in [1.82, 2.24) is 9.80 Å². The van der Waals surface area contributed by atoms with Gasteiger partial charge in [0.05, 0.1) is 13.2 Å². The fourth-order valence-electron chi connectivity index (χ4n) is 5.71. The standard InChI is InChI=1S/C30H34N2O3S/c1-21-8-6-7-11-25(21)29-26-17-19-36-27(26)16-18-31(29)28(33)20-32(23-9-4-3-5-10-23)30(34)22-12-14-24(35-2)15-13-22/h6-8,11-15,17,19,23,29H,3-5,9-10,16,18,20H2,1-2H3. The highest BCUT2D eigenvalue weighted by Crippen LogP contribution is 2.39. The Morgan fingerprint density at radius 1 is 1.00 bits per heavy atom. The second kappa shape index (κ2) is 10.9. The number of aryl methyl sites for hydroxylation is 1. The summed E-state index contributed by atoms with van der Waals surface area (Å²) >= 11 is 1.77. The van der Waals surface area contributed by atoms with Crippen LogP contribution in [0.1, 0.15) is 70.1 Å². The molecule has 1 unspecified atom stereocenters. The maximum atomic E-state index is 14.0. The molecule has 2 heterocycles. The Labute approximate surface area is 217 Å². The van der Waals surface area contributed by atoms with Gasteiger partial charge in [-0.1, -0.05) is 43.5 Å². The van der Waals surface area contributed by atoms with E-state index in [1.807, 2.05) is 34.1 Å². The first-order valence-corrected chi connectivity index (χ1v) is 13.8. The fraction of sp³-hybridized carbons (Fsp3) is 0.400. The van der Waals surface area contributed by atoms with E-state index in [-0.39, 0.29) is 30.4 Å². The summed E-state index contributed by atoms with van der Waals surface area (Å²) in [5, 5.41) is 2.13. The topological polar surface area (TPSA) is 49.9 Å². The molecule has 1 aromatic heterocycles. The van der Waals surface area contributed by atoms with Crippen molar-refractivity contribution < 1.29 is 14.3 Å². The molecular formula is C30H34N2O3S. The molecule has 1 fully saturated rings. The molecule has 0 saturated heterocycles. The number of thiophene rings is 1. The first-order valence-electron chi connectivity index (χ1n) is 12.9. The number of nitrogens with zero attached hydrogens (tertiary/aromatic N) is 2. The maximum Gasteiger partial charge on any atom is 0.254 e. The van der Waals surface area contributed by atoms with Gasteiger partial charge in [0.15, 0.2) is 0 Å². The zero-order valence-electron chi connectivity index (χ0n) is 21.1. The van der Waals surface area contributed by atoms with E-state index in [9.17, 15) is 9.59 Å². The van der Waals surface area contributed by atoms with Gasteiger partial charge in [0, 0.05) is 23.0 Å². The predicted octanol–water partition coefficient (Wildman–Crippen LogP) is 6.01. The van der Waals surface area contributed by atoms with Crippen LogP contribution in [0.3, 0.4) is 0 Å². The molecule has 6 heteroatoms. The van der Waals surface area contributed by atoms with Crippen LogP contribution in [-0.2, 0) is 11.2 Å². The lowest BCUT2D eigenvalue weighted by atomic mass is 9.90. The second-order valence-corrected chi connectivity index (χ2v) is 10.8. The van der Waals surface area contributed by atoms with E-state index in [0.29, 0.717) is 17.9 Å². The Kier molecular flexibility index (Phi) is 7.42. The van der Waals surface area contributed by atoms with Crippen LogP contribution in [0.15, 0.2) is 60.0 Å². The van der Waals surface area contributed by atoms with E-state index in [1.165, 1.54) is 22.4 Å². The minimum Gasteiger partial charge on any atom is -0.497 e. The molecule has 1 atom stereocenters. The molecule has 5 rings (SSSR count). The van der Waals surface area contributed by atoms with Crippen molar-refractivity contribution in [2.45, 2.75) is 57.5 Å². The highest BCUT2D eigenvalue weighted by molar-refractivity contribution is 7.10. The third-order valence-corrected chi connectivity index (χ3v) is 8.68. The van der Waals surface area contributed by atoms with E-state index in [0.717, 1.165) is 37.7 Å². The largest absolute Gasteiger partial charge is 0.497 e. The van der Waals surface area contributed by atoms with Gasteiger partial charge in [0.1, 0.15) is 12.3 Å². The molecule has 0 spiro atoms. The number of carbonyl (C=O) groups excluding carboxylic acids is 2. The van der Waals surface area contributed by atoms with Crippen molar-refractivity contribution in [2.24, 2.45) is 0 Å². The zero-order chi connectivity index (χ0) is 25.1. The number of ether oxygens (including phenoxy) is 1. The second-order valence-electron chi connectivity index (χ2n) is 9.85. The number of fused-ring (bicyclic) bond motifs is 1. The van der Waals surface area contributed by atoms with Gasteiger partial charge in [0.25, 0.3) is 5.91 Å². The number of amides is 2. The third kappa shape index (κ3) is 4.92. The molecule has 3 aromatic rings. The van der Waals surface area contributed by atoms with Crippen LogP contribution < -0.4 is 4.74 Å².